The maximum atomic E-state index is 12.9. The van der Waals surface area contributed by atoms with Crippen LogP contribution in [-0.2, 0) is 6.54 Å². The molecule has 1 aromatic heterocycles. The highest BCUT2D eigenvalue weighted by molar-refractivity contribution is 5.85. The Bertz CT molecular complexity index is 657. The van der Waals surface area contributed by atoms with Crippen molar-refractivity contribution in [3.05, 3.63) is 35.7 Å². The SMILES string of the molecule is Cl.NCc1ccc(-c2noc(C3CCCC(C(F)(F)F)C3)n2)cc1. The molecule has 0 radical (unpaired) electrons. The molecule has 2 atom stereocenters. The van der Waals surface area contributed by atoms with Crippen molar-refractivity contribution in [2.45, 2.75) is 44.3 Å². The van der Waals surface area contributed by atoms with E-state index in [0.717, 1.165) is 11.1 Å². The molecule has 132 valence electrons. The van der Waals surface area contributed by atoms with Crippen LogP contribution in [-0.4, -0.2) is 16.3 Å². The van der Waals surface area contributed by atoms with Gasteiger partial charge < -0.3 is 10.3 Å². The van der Waals surface area contributed by atoms with Crippen molar-refractivity contribution in [3.63, 3.8) is 0 Å². The van der Waals surface area contributed by atoms with Crippen LogP contribution in [0.25, 0.3) is 11.4 Å². The van der Waals surface area contributed by atoms with Gasteiger partial charge in [0.05, 0.1) is 5.92 Å². The number of rotatable bonds is 3. The second kappa shape index (κ2) is 7.53. The lowest BCUT2D eigenvalue weighted by Gasteiger charge is -2.28. The van der Waals surface area contributed by atoms with Crippen LogP contribution < -0.4 is 5.73 Å². The molecule has 1 saturated carbocycles. The zero-order chi connectivity index (χ0) is 16.4. The van der Waals surface area contributed by atoms with Crippen molar-refractivity contribution in [3.8, 4) is 11.4 Å². The highest BCUT2D eigenvalue weighted by Gasteiger charge is 2.43. The van der Waals surface area contributed by atoms with Crippen LogP contribution >= 0.6 is 12.4 Å². The van der Waals surface area contributed by atoms with E-state index >= 15 is 0 Å². The monoisotopic (exact) mass is 361 g/mol. The van der Waals surface area contributed by atoms with E-state index in [2.05, 4.69) is 10.1 Å². The van der Waals surface area contributed by atoms with Gasteiger partial charge in [0.15, 0.2) is 0 Å². The summed E-state index contributed by atoms with van der Waals surface area (Å²) in [5.74, 6) is -0.894. The van der Waals surface area contributed by atoms with Crippen LogP contribution in [0.1, 0.15) is 43.1 Å². The Balaban J connectivity index is 0.00000208. The Morgan fingerprint density at radius 2 is 1.88 bits per heavy atom. The van der Waals surface area contributed by atoms with E-state index in [1.807, 2.05) is 24.3 Å². The van der Waals surface area contributed by atoms with Crippen LogP contribution in [0.15, 0.2) is 28.8 Å². The molecule has 2 unspecified atom stereocenters. The molecule has 1 aliphatic rings. The molecule has 0 aliphatic heterocycles. The van der Waals surface area contributed by atoms with E-state index < -0.39 is 12.1 Å². The number of hydrogen-bond acceptors (Lipinski definition) is 4. The molecule has 2 aromatic rings. The van der Waals surface area contributed by atoms with Gasteiger partial charge in [-0.3, -0.25) is 0 Å². The number of nitrogens with two attached hydrogens (primary N) is 1. The van der Waals surface area contributed by atoms with Gasteiger partial charge in [-0.15, -0.1) is 12.4 Å². The topological polar surface area (TPSA) is 64.9 Å². The van der Waals surface area contributed by atoms with Crippen molar-refractivity contribution in [1.82, 2.24) is 10.1 Å². The van der Waals surface area contributed by atoms with Crippen molar-refractivity contribution in [2.75, 3.05) is 0 Å². The summed E-state index contributed by atoms with van der Waals surface area (Å²) < 4.78 is 43.9. The predicted octanol–water partition coefficient (Wildman–Crippen LogP) is 4.45. The summed E-state index contributed by atoms with van der Waals surface area (Å²) in [7, 11) is 0. The first-order valence-corrected chi connectivity index (χ1v) is 7.67. The zero-order valence-electron chi connectivity index (χ0n) is 12.9. The second-order valence-corrected chi connectivity index (χ2v) is 5.96. The minimum atomic E-state index is -4.15. The van der Waals surface area contributed by atoms with Crippen LogP contribution in [0.4, 0.5) is 13.2 Å². The maximum Gasteiger partial charge on any atom is 0.391 e. The molecule has 1 aliphatic carbocycles. The summed E-state index contributed by atoms with van der Waals surface area (Å²) >= 11 is 0. The predicted molar refractivity (Wildman–Crippen MR) is 85.6 cm³/mol. The van der Waals surface area contributed by atoms with Gasteiger partial charge in [0.2, 0.25) is 11.7 Å². The fraction of sp³-hybridized carbons (Fsp3) is 0.500. The van der Waals surface area contributed by atoms with Gasteiger partial charge in [0.25, 0.3) is 0 Å². The molecule has 8 heteroatoms. The molecule has 0 amide bonds. The molecule has 1 aromatic carbocycles. The van der Waals surface area contributed by atoms with Gasteiger partial charge in [-0.25, -0.2) is 0 Å². The number of alkyl halides is 3. The lowest BCUT2D eigenvalue weighted by molar-refractivity contribution is -0.183. The number of halogens is 4. The summed E-state index contributed by atoms with van der Waals surface area (Å²) in [5, 5.41) is 3.91. The Morgan fingerprint density at radius 1 is 1.17 bits per heavy atom. The van der Waals surface area contributed by atoms with Crippen LogP contribution in [0.2, 0.25) is 0 Å². The molecular weight excluding hydrogens is 343 g/mol. The van der Waals surface area contributed by atoms with E-state index in [-0.39, 0.29) is 31.2 Å². The van der Waals surface area contributed by atoms with Crippen LogP contribution in [0, 0.1) is 5.92 Å². The summed E-state index contributed by atoms with van der Waals surface area (Å²) in [6, 6.07) is 7.39. The van der Waals surface area contributed by atoms with Crippen LogP contribution in [0.3, 0.4) is 0 Å². The summed E-state index contributed by atoms with van der Waals surface area (Å²) in [5.41, 5.74) is 7.29. The quantitative estimate of drug-likeness (QED) is 0.877. The maximum absolute atomic E-state index is 12.9. The highest BCUT2D eigenvalue weighted by Crippen LogP contribution is 2.43. The lowest BCUT2D eigenvalue weighted by Crippen LogP contribution is -2.28. The molecule has 1 fully saturated rings. The number of hydrogen-bond donors (Lipinski definition) is 1. The molecular formula is C16H19ClF3N3O. The minimum absolute atomic E-state index is 0. The number of nitrogens with zero attached hydrogens (tertiary/aromatic N) is 2. The largest absolute Gasteiger partial charge is 0.391 e. The van der Waals surface area contributed by atoms with Gasteiger partial charge in [0, 0.05) is 18.0 Å². The summed E-state index contributed by atoms with van der Waals surface area (Å²) in [4.78, 5) is 4.30. The molecule has 2 N–H and O–H groups in total. The van der Waals surface area contributed by atoms with Gasteiger partial charge in [0.1, 0.15) is 0 Å². The average molecular weight is 362 g/mol. The summed E-state index contributed by atoms with van der Waals surface area (Å²) in [6.07, 6.45) is -2.77. The molecule has 1 heterocycles. The van der Waals surface area contributed by atoms with Crippen molar-refractivity contribution in [1.29, 1.82) is 0 Å². The normalized spacial score (nSPS) is 21.3. The zero-order valence-corrected chi connectivity index (χ0v) is 13.7. The fourth-order valence-corrected chi connectivity index (χ4v) is 3.02. The molecule has 24 heavy (non-hydrogen) atoms. The Morgan fingerprint density at radius 3 is 2.50 bits per heavy atom. The minimum Gasteiger partial charge on any atom is -0.339 e. The van der Waals surface area contributed by atoms with Gasteiger partial charge >= 0.3 is 6.18 Å². The van der Waals surface area contributed by atoms with E-state index in [4.69, 9.17) is 10.3 Å². The van der Waals surface area contributed by atoms with Gasteiger partial charge in [-0.2, -0.15) is 18.2 Å². The number of benzene rings is 1. The van der Waals surface area contributed by atoms with Gasteiger partial charge in [-0.1, -0.05) is 35.8 Å². The molecule has 4 nitrogen and oxygen atoms in total. The third kappa shape index (κ3) is 4.08. The average Bonchev–Trinajstić information content (AvgIpc) is 3.04. The number of aromatic nitrogens is 2. The van der Waals surface area contributed by atoms with Crippen molar-refractivity contribution >= 4 is 12.4 Å². The standard InChI is InChI=1S/C16H18F3N3O.ClH/c17-16(18,19)13-3-1-2-12(8-13)15-21-14(22-23-15)11-6-4-10(9-20)5-7-11;/h4-7,12-13H,1-3,8-9,20H2;1H. The smallest absolute Gasteiger partial charge is 0.339 e. The van der Waals surface area contributed by atoms with Gasteiger partial charge in [-0.05, 0) is 24.8 Å². The first-order valence-electron chi connectivity index (χ1n) is 7.67. The summed E-state index contributed by atoms with van der Waals surface area (Å²) in [6.45, 7) is 0.443. The molecule has 0 bridgehead atoms. The van der Waals surface area contributed by atoms with E-state index in [1.165, 1.54) is 0 Å². The third-order valence-corrected chi connectivity index (χ3v) is 4.38. The molecule has 3 rings (SSSR count). The third-order valence-electron chi connectivity index (χ3n) is 4.38. The van der Waals surface area contributed by atoms with Crippen molar-refractivity contribution in [2.24, 2.45) is 11.7 Å². The highest BCUT2D eigenvalue weighted by atomic mass is 35.5. The molecule has 0 saturated heterocycles. The lowest BCUT2D eigenvalue weighted by atomic mass is 9.81. The van der Waals surface area contributed by atoms with E-state index in [1.54, 1.807) is 0 Å². The van der Waals surface area contributed by atoms with E-state index in [0.29, 0.717) is 31.1 Å². The fourth-order valence-electron chi connectivity index (χ4n) is 3.02. The van der Waals surface area contributed by atoms with Crippen LogP contribution in [0.5, 0.6) is 0 Å². The first kappa shape index (κ1) is 18.7. The second-order valence-electron chi connectivity index (χ2n) is 5.96. The van der Waals surface area contributed by atoms with Crippen molar-refractivity contribution < 1.29 is 17.7 Å². The van der Waals surface area contributed by atoms with E-state index in [9.17, 15) is 13.2 Å². The Labute approximate surface area is 144 Å². The molecule has 0 spiro atoms. The Kier molecular flexibility index (Phi) is 5.87. The first-order chi connectivity index (χ1) is 11.0. The Hall–Kier alpha value is -1.60.